The van der Waals surface area contributed by atoms with E-state index >= 15 is 0 Å². The molecule has 0 saturated heterocycles. The van der Waals surface area contributed by atoms with Crippen molar-refractivity contribution in [3.63, 3.8) is 0 Å². The molecule has 0 bridgehead atoms. The first kappa shape index (κ1) is 13.2. The number of nitrogens with one attached hydrogen (secondary N) is 1. The van der Waals surface area contributed by atoms with Crippen molar-refractivity contribution in [1.29, 1.82) is 0 Å². The van der Waals surface area contributed by atoms with Crippen LogP contribution in [0.2, 0.25) is 0 Å². The number of aryl methyl sites for hydroxylation is 1. The van der Waals surface area contributed by atoms with Crippen LogP contribution in [0.5, 0.6) is 0 Å². The maximum Gasteiger partial charge on any atom is 0.0876 e. The van der Waals surface area contributed by atoms with Gasteiger partial charge >= 0.3 is 0 Å². The smallest absolute Gasteiger partial charge is 0.0876 e. The monoisotopic (exact) mass is 245 g/mol. The average molecular weight is 245 g/mol. The van der Waals surface area contributed by atoms with Gasteiger partial charge in [0.2, 0.25) is 0 Å². The van der Waals surface area contributed by atoms with E-state index in [1.54, 1.807) is 0 Å². The zero-order valence-corrected chi connectivity index (χ0v) is 11.4. The van der Waals surface area contributed by atoms with Crippen LogP contribution in [0.4, 0.5) is 0 Å². The summed E-state index contributed by atoms with van der Waals surface area (Å²) in [6, 6.07) is 9.05. The molecule has 0 saturated carbocycles. The second kappa shape index (κ2) is 6.60. The molecule has 1 aliphatic heterocycles. The van der Waals surface area contributed by atoms with Crippen LogP contribution in [-0.4, -0.2) is 19.2 Å². The summed E-state index contributed by atoms with van der Waals surface area (Å²) in [5.74, 6) is 0. The summed E-state index contributed by atoms with van der Waals surface area (Å²) in [6.45, 7) is 6.21. The predicted molar refractivity (Wildman–Crippen MR) is 75.6 cm³/mol. The molecule has 1 N–H and O–H groups in total. The first-order valence-corrected chi connectivity index (χ1v) is 6.89. The van der Waals surface area contributed by atoms with Crippen LogP contribution in [0, 0.1) is 6.92 Å². The van der Waals surface area contributed by atoms with Gasteiger partial charge in [-0.15, -0.1) is 0 Å². The molecule has 2 heteroatoms. The van der Waals surface area contributed by atoms with E-state index in [0.29, 0.717) is 6.04 Å². The molecule has 0 aromatic heterocycles. The van der Waals surface area contributed by atoms with E-state index < -0.39 is 0 Å². The molecule has 98 valence electrons. The summed E-state index contributed by atoms with van der Waals surface area (Å²) in [4.78, 5) is 0. The van der Waals surface area contributed by atoms with Gasteiger partial charge in [0.1, 0.15) is 0 Å². The molecule has 0 spiro atoms. The minimum absolute atomic E-state index is 0.413. The van der Waals surface area contributed by atoms with Crippen LogP contribution in [0.1, 0.15) is 30.9 Å². The maximum atomic E-state index is 5.48. The Balaban J connectivity index is 2.11. The van der Waals surface area contributed by atoms with Gasteiger partial charge in [-0.2, -0.15) is 0 Å². The van der Waals surface area contributed by atoms with Crippen LogP contribution in [0.25, 0.3) is 0 Å². The number of benzene rings is 1. The molecule has 0 amide bonds. The van der Waals surface area contributed by atoms with E-state index in [9.17, 15) is 0 Å². The molecule has 2 rings (SSSR count). The normalized spacial score (nSPS) is 16.9. The lowest BCUT2D eigenvalue weighted by atomic mass is 9.93. The third-order valence-electron chi connectivity index (χ3n) is 3.55. The molecule has 18 heavy (non-hydrogen) atoms. The number of rotatable bonds is 5. The molecule has 0 fully saturated rings. The second-order valence-electron chi connectivity index (χ2n) is 4.91. The summed E-state index contributed by atoms with van der Waals surface area (Å²) in [6.07, 6.45) is 5.32. The van der Waals surface area contributed by atoms with Crippen molar-refractivity contribution < 1.29 is 4.74 Å². The van der Waals surface area contributed by atoms with E-state index in [0.717, 1.165) is 32.4 Å². The van der Waals surface area contributed by atoms with Crippen LogP contribution in [-0.2, 0) is 11.2 Å². The number of likely N-dealkylation sites (N-methyl/N-ethyl adjacent to an activating group) is 1. The third kappa shape index (κ3) is 3.36. The van der Waals surface area contributed by atoms with Crippen LogP contribution < -0.4 is 5.32 Å². The lowest BCUT2D eigenvalue weighted by Gasteiger charge is -2.24. The van der Waals surface area contributed by atoms with Gasteiger partial charge in [-0.05, 0) is 49.4 Å². The highest BCUT2D eigenvalue weighted by atomic mass is 16.5. The van der Waals surface area contributed by atoms with Gasteiger partial charge in [0.25, 0.3) is 0 Å². The average Bonchev–Trinajstić information content (AvgIpc) is 2.42. The Morgan fingerprint density at radius 3 is 2.83 bits per heavy atom. The van der Waals surface area contributed by atoms with E-state index in [1.807, 2.05) is 6.26 Å². The predicted octanol–water partition coefficient (Wildman–Crippen LogP) is 3.21. The first-order chi connectivity index (χ1) is 8.81. The van der Waals surface area contributed by atoms with E-state index in [2.05, 4.69) is 43.4 Å². The van der Waals surface area contributed by atoms with E-state index in [1.165, 1.54) is 16.7 Å². The van der Waals surface area contributed by atoms with Gasteiger partial charge in [0, 0.05) is 6.04 Å². The van der Waals surface area contributed by atoms with Gasteiger partial charge < -0.3 is 10.1 Å². The fraction of sp³-hybridized carbons (Fsp3) is 0.500. The summed E-state index contributed by atoms with van der Waals surface area (Å²) in [5, 5.41) is 3.58. The molecule has 0 aliphatic carbocycles. The van der Waals surface area contributed by atoms with Crippen molar-refractivity contribution in [3.8, 4) is 0 Å². The fourth-order valence-corrected chi connectivity index (χ4v) is 2.48. The zero-order valence-electron chi connectivity index (χ0n) is 11.4. The summed E-state index contributed by atoms with van der Waals surface area (Å²) < 4.78 is 5.48. The minimum Gasteiger partial charge on any atom is -0.501 e. The summed E-state index contributed by atoms with van der Waals surface area (Å²) in [5.41, 5.74) is 4.21. The summed E-state index contributed by atoms with van der Waals surface area (Å²) in [7, 11) is 0. The van der Waals surface area contributed by atoms with Crippen LogP contribution in [0.3, 0.4) is 0 Å². The molecule has 1 heterocycles. The highest BCUT2D eigenvalue weighted by Gasteiger charge is 2.17. The van der Waals surface area contributed by atoms with Crippen LogP contribution in [0.15, 0.2) is 36.1 Å². The highest BCUT2D eigenvalue weighted by molar-refractivity contribution is 5.28. The largest absolute Gasteiger partial charge is 0.501 e. The van der Waals surface area contributed by atoms with Crippen molar-refractivity contribution in [2.75, 3.05) is 13.2 Å². The Morgan fingerprint density at radius 1 is 1.33 bits per heavy atom. The molecule has 1 unspecified atom stereocenters. The molecular formula is C16H23NO. The fourth-order valence-electron chi connectivity index (χ4n) is 2.48. The van der Waals surface area contributed by atoms with E-state index in [-0.39, 0.29) is 0 Å². The Hall–Kier alpha value is -1.28. The minimum atomic E-state index is 0.413. The van der Waals surface area contributed by atoms with Gasteiger partial charge in [0.15, 0.2) is 0 Å². The van der Waals surface area contributed by atoms with Crippen molar-refractivity contribution in [3.05, 3.63) is 47.2 Å². The van der Waals surface area contributed by atoms with Crippen molar-refractivity contribution >= 4 is 0 Å². The third-order valence-corrected chi connectivity index (χ3v) is 3.55. The molecule has 1 aliphatic rings. The first-order valence-electron chi connectivity index (χ1n) is 6.89. The standard InChI is InChI=1S/C16H23NO/c1-3-17-16(15-9-6-10-18-12-15)11-14-8-5-4-7-13(14)2/h4-5,7-8,12,16-17H,3,6,9-11H2,1-2H3. The topological polar surface area (TPSA) is 21.3 Å². The van der Waals surface area contributed by atoms with Gasteiger partial charge in [0.05, 0.1) is 12.9 Å². The summed E-state index contributed by atoms with van der Waals surface area (Å²) >= 11 is 0. The van der Waals surface area contributed by atoms with E-state index in [4.69, 9.17) is 4.74 Å². The Bertz CT molecular complexity index is 411. The molecule has 1 aromatic carbocycles. The van der Waals surface area contributed by atoms with Crippen molar-refractivity contribution in [2.45, 2.75) is 39.2 Å². The van der Waals surface area contributed by atoms with Gasteiger partial charge in [-0.25, -0.2) is 0 Å². The van der Waals surface area contributed by atoms with Gasteiger partial charge in [-0.3, -0.25) is 0 Å². The van der Waals surface area contributed by atoms with Crippen LogP contribution >= 0.6 is 0 Å². The zero-order chi connectivity index (χ0) is 12.8. The molecule has 1 aromatic rings. The lowest BCUT2D eigenvalue weighted by Crippen LogP contribution is -2.34. The highest BCUT2D eigenvalue weighted by Crippen LogP contribution is 2.20. The SMILES string of the molecule is CCNC(Cc1ccccc1C)C1=COCCC1. The molecule has 0 radical (unpaired) electrons. The molecule has 1 atom stereocenters. The Morgan fingerprint density at radius 2 is 2.17 bits per heavy atom. The van der Waals surface area contributed by atoms with Gasteiger partial charge in [-0.1, -0.05) is 31.2 Å². The number of hydrogen-bond acceptors (Lipinski definition) is 2. The number of hydrogen-bond donors (Lipinski definition) is 1. The molecular weight excluding hydrogens is 222 g/mol. The molecule has 2 nitrogen and oxygen atoms in total. The maximum absolute atomic E-state index is 5.48. The number of ether oxygens (including phenoxy) is 1. The lowest BCUT2D eigenvalue weighted by molar-refractivity contribution is 0.219. The Labute approximate surface area is 110 Å². The van der Waals surface area contributed by atoms with Crippen molar-refractivity contribution in [2.24, 2.45) is 0 Å². The second-order valence-corrected chi connectivity index (χ2v) is 4.91. The van der Waals surface area contributed by atoms with Crippen molar-refractivity contribution in [1.82, 2.24) is 5.32 Å². The quantitative estimate of drug-likeness (QED) is 0.860. The Kier molecular flexibility index (Phi) is 4.82.